The molecule has 0 heterocycles. The van der Waals surface area contributed by atoms with Crippen LogP contribution in [0.3, 0.4) is 0 Å². The molecule has 2 unspecified atom stereocenters. The molecule has 0 aromatic carbocycles. The van der Waals surface area contributed by atoms with E-state index in [0.29, 0.717) is 23.2 Å². The Bertz CT molecular complexity index is 381. The Morgan fingerprint density at radius 3 is 1.05 bits per heavy atom. The predicted octanol–water partition coefficient (Wildman–Crippen LogP) is 10.1. The van der Waals surface area contributed by atoms with Gasteiger partial charge in [-0.25, -0.2) is 0 Å². The normalized spacial score (nSPS) is 13.1. The summed E-state index contributed by atoms with van der Waals surface area (Å²) >= 11 is 2.20. The summed E-state index contributed by atoms with van der Waals surface area (Å²) in [5.74, 6) is 0. The van der Waals surface area contributed by atoms with E-state index in [-0.39, 0.29) is 18.9 Å². The van der Waals surface area contributed by atoms with Crippen LogP contribution in [0.5, 0.6) is 0 Å². The molecule has 1 radical (unpaired) electrons. The van der Waals surface area contributed by atoms with Crippen LogP contribution >= 0.6 is 0 Å². The molecule has 0 spiro atoms. The molecule has 0 saturated heterocycles. The molecule has 0 rings (SSSR count). The molecule has 0 aliphatic carbocycles. The van der Waals surface area contributed by atoms with Crippen molar-refractivity contribution in [2.45, 2.75) is 166 Å². The van der Waals surface area contributed by atoms with E-state index in [1.54, 1.807) is 0 Å². The monoisotopic (exact) mass is 584 g/mol. The fourth-order valence-electron chi connectivity index (χ4n) is 4.33. The minimum absolute atomic E-state index is 0. The Morgan fingerprint density at radius 1 is 0.421 bits per heavy atom. The summed E-state index contributed by atoms with van der Waals surface area (Å²) < 4.78 is 22.5. The third-order valence-corrected chi connectivity index (χ3v) is 8.31. The fourth-order valence-corrected chi connectivity index (χ4v) is 5.94. The predicted molar refractivity (Wildman–Crippen MR) is 162 cm³/mol. The molecule has 0 aromatic rings. The number of hydrogen-bond donors (Lipinski definition) is 0. The van der Waals surface area contributed by atoms with Crippen molar-refractivity contribution in [1.29, 1.82) is 0 Å². The van der Waals surface area contributed by atoms with Gasteiger partial charge < -0.3 is 0 Å². The maximum atomic E-state index is 5.66. The zero-order valence-electron chi connectivity index (χ0n) is 26.5. The molecule has 6 heteroatoms. The molecular formula is C32H66CuLiO4. The zero-order valence-corrected chi connectivity index (χ0v) is 27.4. The van der Waals surface area contributed by atoms with Crippen molar-refractivity contribution in [2.24, 2.45) is 0 Å². The fraction of sp³-hybridized carbons (Fsp3) is 1.00. The van der Waals surface area contributed by atoms with Gasteiger partial charge in [-0.1, -0.05) is 65.2 Å². The van der Waals surface area contributed by atoms with E-state index in [4.69, 9.17) is 18.9 Å². The quantitative estimate of drug-likeness (QED) is 0.0447. The van der Waals surface area contributed by atoms with Crippen LogP contribution in [-0.4, -0.2) is 58.9 Å². The van der Waals surface area contributed by atoms with E-state index in [9.17, 15) is 0 Å². The van der Waals surface area contributed by atoms with Gasteiger partial charge in [-0.05, 0) is 0 Å². The van der Waals surface area contributed by atoms with Crippen LogP contribution in [0.25, 0.3) is 0 Å². The average Bonchev–Trinajstić information content (AvgIpc) is 2.89. The third kappa shape index (κ3) is 35.0. The van der Waals surface area contributed by atoms with Gasteiger partial charge in [0.2, 0.25) is 0 Å². The number of hydrogen-bond acceptors (Lipinski definition) is 4. The summed E-state index contributed by atoms with van der Waals surface area (Å²) in [7, 11) is 0. The molecule has 38 heavy (non-hydrogen) atoms. The van der Waals surface area contributed by atoms with Gasteiger partial charge in [-0.2, -0.15) is 0 Å². The van der Waals surface area contributed by atoms with Gasteiger partial charge in [0.05, 0.1) is 0 Å². The van der Waals surface area contributed by atoms with Crippen molar-refractivity contribution in [3.8, 4) is 0 Å². The Morgan fingerprint density at radius 2 is 0.711 bits per heavy atom. The van der Waals surface area contributed by atoms with E-state index in [0.717, 1.165) is 39.3 Å². The van der Waals surface area contributed by atoms with Crippen molar-refractivity contribution in [1.82, 2.24) is 0 Å². The van der Waals surface area contributed by atoms with E-state index < -0.39 is 0 Å². The van der Waals surface area contributed by atoms with Crippen molar-refractivity contribution in [3.63, 3.8) is 0 Å². The summed E-state index contributed by atoms with van der Waals surface area (Å²) in [4.78, 5) is 1.33. The van der Waals surface area contributed by atoms with Crippen molar-refractivity contribution in [3.05, 3.63) is 0 Å². The van der Waals surface area contributed by atoms with Crippen molar-refractivity contribution in [2.75, 3.05) is 40.0 Å². The second-order valence-electron chi connectivity index (χ2n) is 10.6. The molecule has 0 aliphatic heterocycles. The molecule has 230 valence electrons. The number of unbranched alkanes of at least 4 members (excludes halogenated alkanes) is 14. The van der Waals surface area contributed by atoms with Crippen LogP contribution in [0, 0.1) is 0 Å². The zero-order chi connectivity index (χ0) is 27.1. The van der Waals surface area contributed by atoms with Gasteiger partial charge in [-0.3, -0.25) is 0 Å². The Labute approximate surface area is 257 Å². The number of rotatable bonds is 32. The molecule has 4 nitrogen and oxygen atoms in total. The first-order chi connectivity index (χ1) is 18.2. The smallest absolute Gasteiger partial charge is 0.0654 e. The minimum Gasteiger partial charge on any atom is -0.0654 e. The molecular weight excluding hydrogens is 519 g/mol. The Balaban J connectivity index is 0. The van der Waals surface area contributed by atoms with Crippen LogP contribution in [0.2, 0.25) is 9.63 Å². The van der Waals surface area contributed by atoms with Crippen LogP contribution in [-0.2, 0) is 33.9 Å². The summed E-state index contributed by atoms with van der Waals surface area (Å²) in [5.41, 5.74) is 0. The minimum atomic E-state index is 0. The molecule has 0 aromatic heterocycles. The molecule has 0 N–H and O–H groups in total. The molecule has 0 bridgehead atoms. The summed E-state index contributed by atoms with van der Waals surface area (Å²) in [6.45, 7) is 13.4. The van der Waals surface area contributed by atoms with Crippen LogP contribution in [0.1, 0.15) is 156 Å². The second-order valence-corrected chi connectivity index (χ2v) is 12.8. The SMILES string of the molecule is CCCCCCCCCCOCOCCC[CH](C)[Cu][CH](C)CCCOCOCCCCCCCCCC.[Li]. The topological polar surface area (TPSA) is 36.9 Å². The molecule has 0 fully saturated rings. The van der Waals surface area contributed by atoms with Gasteiger partial charge >= 0.3 is 174 Å². The average molecular weight is 585 g/mol. The number of ether oxygens (including phenoxy) is 4. The summed E-state index contributed by atoms with van der Waals surface area (Å²) in [5, 5.41) is 0. The summed E-state index contributed by atoms with van der Waals surface area (Å²) in [6.07, 6.45) is 26.0. The van der Waals surface area contributed by atoms with Crippen LogP contribution in [0.15, 0.2) is 0 Å². The first-order valence-corrected chi connectivity index (χ1v) is 17.1. The first kappa shape index (κ1) is 41.1. The van der Waals surface area contributed by atoms with Gasteiger partial charge in [0, 0.05) is 18.9 Å². The Kier molecular flexibility index (Phi) is 38.9. The van der Waals surface area contributed by atoms with Gasteiger partial charge in [0.1, 0.15) is 0 Å². The molecule has 2 atom stereocenters. The third-order valence-electron chi connectivity index (χ3n) is 6.70. The molecule has 0 saturated carbocycles. The maximum absolute atomic E-state index is 5.66. The molecule has 0 amide bonds. The first-order valence-electron chi connectivity index (χ1n) is 16.0. The second kappa shape index (κ2) is 36.0. The van der Waals surface area contributed by atoms with Crippen LogP contribution < -0.4 is 0 Å². The standard InChI is InChI=1S/2C16H33O2.Cu.Li/c2*1-3-5-7-8-9-10-11-13-15-18-16-17-14-12-6-4-2;;/h2*4H,3,5-16H2,1-2H3;;. The van der Waals surface area contributed by atoms with Crippen LogP contribution in [0.4, 0.5) is 0 Å². The van der Waals surface area contributed by atoms with Gasteiger partial charge in [0.15, 0.2) is 0 Å². The van der Waals surface area contributed by atoms with E-state index in [1.165, 1.54) is 116 Å². The Hall–Kier alpha value is 0.957. The van der Waals surface area contributed by atoms with Gasteiger partial charge in [0.25, 0.3) is 0 Å². The van der Waals surface area contributed by atoms with Crippen molar-refractivity contribution >= 4 is 18.9 Å². The van der Waals surface area contributed by atoms with E-state index in [1.807, 2.05) is 0 Å². The van der Waals surface area contributed by atoms with E-state index >= 15 is 0 Å². The molecule has 0 aliphatic rings. The summed E-state index contributed by atoms with van der Waals surface area (Å²) in [6, 6.07) is 0. The van der Waals surface area contributed by atoms with Gasteiger partial charge in [-0.15, -0.1) is 0 Å². The van der Waals surface area contributed by atoms with Crippen molar-refractivity contribution < 1.29 is 33.9 Å². The van der Waals surface area contributed by atoms with E-state index in [2.05, 4.69) is 42.7 Å².